The van der Waals surface area contributed by atoms with E-state index in [9.17, 15) is 4.79 Å². The highest BCUT2D eigenvalue weighted by Gasteiger charge is 2.12. The number of nitrogens with one attached hydrogen (secondary N) is 2. The maximum Gasteiger partial charge on any atom is 0.277 e. The lowest BCUT2D eigenvalue weighted by Crippen LogP contribution is -2.39. The van der Waals surface area contributed by atoms with Crippen molar-refractivity contribution in [2.75, 3.05) is 50.0 Å². The molecule has 1 saturated heterocycles. The molecule has 0 bridgehead atoms. The highest BCUT2D eigenvalue weighted by molar-refractivity contribution is 6.02. The van der Waals surface area contributed by atoms with Gasteiger partial charge in [0.1, 0.15) is 17.3 Å². The number of amides is 1. The van der Waals surface area contributed by atoms with Gasteiger partial charge in [-0.2, -0.15) is 0 Å². The molecule has 9 heteroatoms. The summed E-state index contributed by atoms with van der Waals surface area (Å²) in [5.41, 5.74) is 0.217. The molecule has 0 saturated carbocycles. The Morgan fingerprint density at radius 2 is 2.08 bits per heavy atom. The Kier molecular flexibility index (Phi) is 5.34. The van der Waals surface area contributed by atoms with Crippen LogP contribution in [0.2, 0.25) is 0 Å². The summed E-state index contributed by atoms with van der Waals surface area (Å²) in [7, 11) is 0. The molecule has 0 radical (unpaired) electrons. The van der Waals surface area contributed by atoms with Gasteiger partial charge in [-0.25, -0.2) is 9.97 Å². The third-order valence-corrected chi connectivity index (χ3v) is 3.59. The Hall–Kier alpha value is -2.52. The van der Waals surface area contributed by atoms with Crippen LogP contribution in [0.15, 0.2) is 23.0 Å². The first-order valence-electron chi connectivity index (χ1n) is 7.81. The molecule has 2 N–H and O–H groups in total. The summed E-state index contributed by atoms with van der Waals surface area (Å²) in [5.74, 6) is 1.23. The number of carbonyl (C=O) groups excluding carboxylic acids is 1. The summed E-state index contributed by atoms with van der Waals surface area (Å²) in [4.78, 5) is 22.7. The van der Waals surface area contributed by atoms with E-state index in [2.05, 4.69) is 30.7 Å². The fourth-order valence-corrected chi connectivity index (χ4v) is 2.31. The standard InChI is InChI=1S/C15H20N6O3/c1-11-8-13(20-24-11)19-15(22)12-9-18-14(10-17-12)16-2-3-21-4-6-23-7-5-21/h8-10H,2-7H2,1H3,(H,16,18)(H,19,20,22). The van der Waals surface area contributed by atoms with Gasteiger partial charge in [-0.05, 0) is 6.92 Å². The molecule has 3 rings (SSSR count). The highest BCUT2D eigenvalue weighted by atomic mass is 16.5. The molecule has 2 aromatic heterocycles. The van der Waals surface area contributed by atoms with Crippen LogP contribution in [-0.2, 0) is 4.74 Å². The van der Waals surface area contributed by atoms with E-state index in [1.54, 1.807) is 19.2 Å². The topological polar surface area (TPSA) is 105 Å². The van der Waals surface area contributed by atoms with Crippen LogP contribution in [0.5, 0.6) is 0 Å². The Morgan fingerprint density at radius 3 is 2.75 bits per heavy atom. The van der Waals surface area contributed by atoms with Gasteiger partial charge in [-0.1, -0.05) is 5.16 Å². The third-order valence-electron chi connectivity index (χ3n) is 3.59. The van der Waals surface area contributed by atoms with E-state index >= 15 is 0 Å². The quantitative estimate of drug-likeness (QED) is 0.799. The Labute approximate surface area is 139 Å². The molecule has 9 nitrogen and oxygen atoms in total. The van der Waals surface area contributed by atoms with Crippen LogP contribution < -0.4 is 10.6 Å². The Morgan fingerprint density at radius 1 is 1.25 bits per heavy atom. The monoisotopic (exact) mass is 332 g/mol. The van der Waals surface area contributed by atoms with Crippen molar-refractivity contribution in [3.05, 3.63) is 29.9 Å². The fourth-order valence-electron chi connectivity index (χ4n) is 2.31. The lowest BCUT2D eigenvalue weighted by atomic mass is 10.4. The summed E-state index contributed by atoms with van der Waals surface area (Å²) in [6, 6.07) is 1.63. The number of morpholine rings is 1. The van der Waals surface area contributed by atoms with Crippen LogP contribution in [0.25, 0.3) is 0 Å². The van der Waals surface area contributed by atoms with Crippen molar-refractivity contribution in [2.45, 2.75) is 6.92 Å². The Balaban J connectivity index is 1.46. The molecule has 24 heavy (non-hydrogen) atoms. The molecule has 2 aromatic rings. The molecule has 0 unspecified atom stereocenters. The maximum atomic E-state index is 12.0. The number of rotatable bonds is 6. The number of hydrogen-bond donors (Lipinski definition) is 2. The van der Waals surface area contributed by atoms with E-state index in [0.717, 1.165) is 39.4 Å². The molecular weight excluding hydrogens is 312 g/mol. The molecule has 1 amide bonds. The molecule has 1 fully saturated rings. The number of anilines is 2. The zero-order chi connectivity index (χ0) is 16.8. The van der Waals surface area contributed by atoms with Gasteiger partial charge in [0.15, 0.2) is 5.82 Å². The van der Waals surface area contributed by atoms with E-state index < -0.39 is 0 Å². The van der Waals surface area contributed by atoms with E-state index in [4.69, 9.17) is 9.26 Å². The predicted molar refractivity (Wildman–Crippen MR) is 87.0 cm³/mol. The van der Waals surface area contributed by atoms with E-state index in [1.165, 1.54) is 6.20 Å². The van der Waals surface area contributed by atoms with Crippen molar-refractivity contribution in [3.63, 3.8) is 0 Å². The van der Waals surface area contributed by atoms with Gasteiger partial charge in [0, 0.05) is 32.2 Å². The largest absolute Gasteiger partial charge is 0.379 e. The van der Waals surface area contributed by atoms with Crippen molar-refractivity contribution in [2.24, 2.45) is 0 Å². The lowest BCUT2D eigenvalue weighted by Gasteiger charge is -2.26. The van der Waals surface area contributed by atoms with Gasteiger partial charge in [0.2, 0.25) is 0 Å². The van der Waals surface area contributed by atoms with Crippen molar-refractivity contribution in [1.29, 1.82) is 0 Å². The van der Waals surface area contributed by atoms with E-state index in [-0.39, 0.29) is 11.6 Å². The molecule has 1 aliphatic rings. The average Bonchev–Trinajstić information content (AvgIpc) is 3.01. The Bertz CT molecular complexity index is 666. The fraction of sp³-hybridized carbons (Fsp3) is 0.467. The van der Waals surface area contributed by atoms with Crippen molar-refractivity contribution < 1.29 is 14.1 Å². The molecule has 128 valence electrons. The van der Waals surface area contributed by atoms with Gasteiger partial charge in [0.05, 0.1) is 25.6 Å². The molecule has 0 aromatic carbocycles. The number of nitrogens with zero attached hydrogens (tertiary/aromatic N) is 4. The SMILES string of the molecule is Cc1cc(NC(=O)c2cnc(NCCN3CCOCC3)cn2)no1. The predicted octanol–water partition coefficient (Wildman–Crippen LogP) is 0.769. The second-order valence-corrected chi connectivity index (χ2v) is 5.44. The minimum Gasteiger partial charge on any atom is -0.379 e. The number of aryl methyl sites for hydroxylation is 1. The highest BCUT2D eigenvalue weighted by Crippen LogP contribution is 2.09. The van der Waals surface area contributed by atoms with Gasteiger partial charge in [-0.15, -0.1) is 0 Å². The van der Waals surface area contributed by atoms with Crippen LogP contribution >= 0.6 is 0 Å². The number of ether oxygens (including phenoxy) is 1. The molecule has 0 aliphatic carbocycles. The summed E-state index contributed by atoms with van der Waals surface area (Å²) < 4.78 is 10.2. The lowest BCUT2D eigenvalue weighted by molar-refractivity contribution is 0.0398. The van der Waals surface area contributed by atoms with Crippen LogP contribution in [-0.4, -0.2) is 65.3 Å². The molecule has 0 atom stereocenters. The van der Waals surface area contributed by atoms with Gasteiger partial charge < -0.3 is 19.9 Å². The molecule has 0 spiro atoms. The van der Waals surface area contributed by atoms with E-state index in [1.807, 2.05) is 0 Å². The van der Waals surface area contributed by atoms with Crippen LogP contribution in [0.4, 0.5) is 11.6 Å². The van der Waals surface area contributed by atoms with Crippen molar-refractivity contribution in [1.82, 2.24) is 20.0 Å². The van der Waals surface area contributed by atoms with Crippen LogP contribution in [0.3, 0.4) is 0 Å². The third kappa shape index (κ3) is 4.49. The summed E-state index contributed by atoms with van der Waals surface area (Å²) in [6.07, 6.45) is 2.97. The van der Waals surface area contributed by atoms with Crippen molar-refractivity contribution >= 4 is 17.5 Å². The first-order valence-corrected chi connectivity index (χ1v) is 7.81. The molecular formula is C15H20N6O3. The molecule has 3 heterocycles. The number of aromatic nitrogens is 3. The second kappa shape index (κ2) is 7.84. The van der Waals surface area contributed by atoms with Gasteiger partial charge >= 0.3 is 0 Å². The zero-order valence-corrected chi connectivity index (χ0v) is 13.5. The summed E-state index contributed by atoms with van der Waals surface area (Å²) in [5, 5.41) is 9.50. The normalized spacial score (nSPS) is 15.2. The second-order valence-electron chi connectivity index (χ2n) is 5.44. The van der Waals surface area contributed by atoms with Gasteiger partial charge in [-0.3, -0.25) is 9.69 Å². The van der Waals surface area contributed by atoms with Gasteiger partial charge in [0.25, 0.3) is 5.91 Å². The average molecular weight is 332 g/mol. The van der Waals surface area contributed by atoms with Crippen molar-refractivity contribution in [3.8, 4) is 0 Å². The minimum absolute atomic E-state index is 0.217. The molecule has 1 aliphatic heterocycles. The van der Waals surface area contributed by atoms with E-state index in [0.29, 0.717) is 17.4 Å². The first kappa shape index (κ1) is 16.3. The smallest absolute Gasteiger partial charge is 0.277 e. The summed E-state index contributed by atoms with van der Waals surface area (Å²) >= 11 is 0. The number of hydrogen-bond acceptors (Lipinski definition) is 8. The number of carbonyl (C=O) groups is 1. The first-order chi connectivity index (χ1) is 11.7. The minimum atomic E-state index is -0.379. The maximum absolute atomic E-state index is 12.0. The van der Waals surface area contributed by atoms with Crippen LogP contribution in [0.1, 0.15) is 16.2 Å². The summed E-state index contributed by atoms with van der Waals surface area (Å²) in [6.45, 7) is 6.91. The van der Waals surface area contributed by atoms with Crippen LogP contribution in [0, 0.1) is 6.92 Å². The zero-order valence-electron chi connectivity index (χ0n) is 13.5.